The van der Waals surface area contributed by atoms with Gasteiger partial charge in [0, 0.05) is 31.8 Å². The Bertz CT molecular complexity index is 497. The summed E-state index contributed by atoms with van der Waals surface area (Å²) in [5.41, 5.74) is 6.85. The van der Waals surface area contributed by atoms with E-state index in [-0.39, 0.29) is 23.6 Å². The van der Waals surface area contributed by atoms with Crippen molar-refractivity contribution in [3.8, 4) is 0 Å². The molecule has 1 amide bonds. The van der Waals surface area contributed by atoms with Crippen LogP contribution >= 0.6 is 0 Å². The molecule has 1 aromatic carbocycles. The molecule has 1 saturated carbocycles. The first-order valence-electron chi connectivity index (χ1n) is 8.91. The second kappa shape index (κ2) is 9.16. The average Bonchev–Trinajstić information content (AvgIpc) is 3.07. The lowest BCUT2D eigenvalue weighted by molar-refractivity contribution is -0.123. The van der Waals surface area contributed by atoms with Crippen molar-refractivity contribution in [1.29, 1.82) is 0 Å². The third-order valence-corrected chi connectivity index (χ3v) is 5.02. The fourth-order valence-electron chi connectivity index (χ4n) is 3.52. The Morgan fingerprint density at radius 3 is 2.54 bits per heavy atom. The van der Waals surface area contributed by atoms with Crippen LogP contribution in [0.2, 0.25) is 0 Å². The van der Waals surface area contributed by atoms with Crippen molar-refractivity contribution >= 4 is 5.91 Å². The summed E-state index contributed by atoms with van der Waals surface area (Å²) >= 11 is 0. The molecule has 0 aromatic heterocycles. The largest absolute Gasteiger partial charge is 0.380 e. The molecule has 24 heavy (non-hydrogen) atoms. The van der Waals surface area contributed by atoms with Gasteiger partial charge in [-0.2, -0.15) is 0 Å². The van der Waals surface area contributed by atoms with Crippen molar-refractivity contribution < 1.29 is 9.53 Å². The highest BCUT2D eigenvalue weighted by molar-refractivity contribution is 5.76. The van der Waals surface area contributed by atoms with Gasteiger partial charge in [-0.15, -0.1) is 0 Å². The topological polar surface area (TPSA) is 76.4 Å². The number of methoxy groups -OCH3 is 1. The first kappa shape index (κ1) is 18.9. The smallest absolute Gasteiger partial charge is 0.222 e. The fourth-order valence-corrected chi connectivity index (χ4v) is 3.52. The second-order valence-electron chi connectivity index (χ2n) is 6.84. The van der Waals surface area contributed by atoms with Gasteiger partial charge >= 0.3 is 0 Å². The molecule has 0 radical (unpaired) electrons. The second-order valence-corrected chi connectivity index (χ2v) is 6.84. The van der Waals surface area contributed by atoms with Gasteiger partial charge in [0.1, 0.15) is 0 Å². The zero-order valence-corrected chi connectivity index (χ0v) is 14.9. The van der Waals surface area contributed by atoms with E-state index < -0.39 is 0 Å². The maximum atomic E-state index is 12.2. The standard InChI is InChI=1S/C19H31N3O2/c1-15(16-8-4-3-5-9-16)22-19(10-6-7-11-19)14-21-18(23)12-17(13-20)24-2/h3-5,8-9,15,17,22H,6-7,10-14,20H2,1-2H3,(H,21,23). The molecule has 0 heterocycles. The number of rotatable bonds is 9. The van der Waals surface area contributed by atoms with Gasteiger partial charge in [0.2, 0.25) is 5.91 Å². The van der Waals surface area contributed by atoms with Crippen molar-refractivity contribution in [1.82, 2.24) is 10.6 Å². The minimum Gasteiger partial charge on any atom is -0.380 e. The van der Waals surface area contributed by atoms with Crippen molar-refractivity contribution in [2.75, 3.05) is 20.2 Å². The third-order valence-electron chi connectivity index (χ3n) is 5.02. The predicted octanol–water partition coefficient (Wildman–Crippen LogP) is 2.13. The third kappa shape index (κ3) is 5.30. The fraction of sp³-hybridized carbons (Fsp3) is 0.632. The van der Waals surface area contributed by atoms with Gasteiger partial charge in [-0.1, -0.05) is 43.2 Å². The summed E-state index contributed by atoms with van der Waals surface area (Å²) in [5, 5.41) is 6.86. The van der Waals surface area contributed by atoms with Gasteiger partial charge in [0.15, 0.2) is 0 Å². The Labute approximate surface area is 145 Å². The van der Waals surface area contributed by atoms with Crippen molar-refractivity contribution in [3.05, 3.63) is 35.9 Å². The summed E-state index contributed by atoms with van der Waals surface area (Å²) in [6, 6.07) is 10.7. The van der Waals surface area contributed by atoms with Gasteiger partial charge in [-0.3, -0.25) is 4.79 Å². The van der Waals surface area contributed by atoms with Crippen LogP contribution in [0.5, 0.6) is 0 Å². The predicted molar refractivity (Wildman–Crippen MR) is 96.7 cm³/mol. The van der Waals surface area contributed by atoms with Crippen LogP contribution in [0.15, 0.2) is 30.3 Å². The van der Waals surface area contributed by atoms with Crippen LogP contribution in [0.1, 0.15) is 50.6 Å². The number of carbonyl (C=O) groups is 1. The van der Waals surface area contributed by atoms with Gasteiger partial charge in [-0.25, -0.2) is 0 Å². The number of benzene rings is 1. The van der Waals surface area contributed by atoms with Crippen molar-refractivity contribution in [2.45, 2.75) is 56.7 Å². The number of hydrogen-bond acceptors (Lipinski definition) is 4. The first-order chi connectivity index (χ1) is 11.6. The number of ether oxygens (including phenoxy) is 1. The van der Waals surface area contributed by atoms with Gasteiger partial charge in [0.25, 0.3) is 0 Å². The lowest BCUT2D eigenvalue weighted by atomic mass is 9.94. The zero-order valence-electron chi connectivity index (χ0n) is 14.9. The number of amides is 1. The van der Waals surface area contributed by atoms with E-state index in [2.05, 4.69) is 41.8 Å². The Balaban J connectivity index is 1.92. The molecule has 1 aliphatic carbocycles. The minimum absolute atomic E-state index is 0.00717. The molecule has 0 spiro atoms. The lowest BCUT2D eigenvalue weighted by Crippen LogP contribution is -2.52. The van der Waals surface area contributed by atoms with E-state index in [9.17, 15) is 4.79 Å². The van der Waals surface area contributed by atoms with Crippen LogP contribution in [0, 0.1) is 0 Å². The van der Waals surface area contributed by atoms with Crippen molar-refractivity contribution in [3.63, 3.8) is 0 Å². The van der Waals surface area contributed by atoms with E-state index in [4.69, 9.17) is 10.5 Å². The van der Waals surface area contributed by atoms with Gasteiger partial charge in [0.05, 0.1) is 12.5 Å². The van der Waals surface area contributed by atoms with E-state index >= 15 is 0 Å². The quantitative estimate of drug-likeness (QED) is 0.647. The Morgan fingerprint density at radius 2 is 1.96 bits per heavy atom. The normalized spacial score (nSPS) is 19.0. The van der Waals surface area contributed by atoms with Crippen LogP contribution < -0.4 is 16.4 Å². The van der Waals surface area contributed by atoms with Crippen LogP contribution in [0.4, 0.5) is 0 Å². The Kier molecular flexibility index (Phi) is 7.21. The molecular weight excluding hydrogens is 302 g/mol. The van der Waals surface area contributed by atoms with Crippen molar-refractivity contribution in [2.24, 2.45) is 5.73 Å². The summed E-state index contributed by atoms with van der Waals surface area (Å²) in [6.07, 6.45) is 4.70. The molecule has 5 nitrogen and oxygen atoms in total. The lowest BCUT2D eigenvalue weighted by Gasteiger charge is -2.34. The molecule has 1 aliphatic rings. The molecule has 0 saturated heterocycles. The Hall–Kier alpha value is -1.43. The van der Waals surface area contributed by atoms with Gasteiger partial charge in [-0.05, 0) is 25.3 Å². The average molecular weight is 333 g/mol. The molecule has 4 N–H and O–H groups in total. The van der Waals surface area contributed by atoms with E-state index in [0.29, 0.717) is 19.5 Å². The van der Waals surface area contributed by atoms with Crippen LogP contribution in [0.3, 0.4) is 0 Å². The van der Waals surface area contributed by atoms with E-state index in [0.717, 1.165) is 12.8 Å². The van der Waals surface area contributed by atoms with E-state index in [1.54, 1.807) is 7.11 Å². The molecule has 2 atom stereocenters. The summed E-state index contributed by atoms with van der Waals surface area (Å²) < 4.78 is 5.19. The summed E-state index contributed by atoms with van der Waals surface area (Å²) in [7, 11) is 1.59. The van der Waals surface area contributed by atoms with E-state index in [1.807, 2.05) is 6.07 Å². The molecule has 2 unspecified atom stereocenters. The molecule has 1 fully saturated rings. The monoisotopic (exact) mass is 333 g/mol. The maximum Gasteiger partial charge on any atom is 0.222 e. The van der Waals surface area contributed by atoms with Crippen LogP contribution in [-0.2, 0) is 9.53 Å². The number of carbonyl (C=O) groups excluding carboxylic acids is 1. The number of nitrogens with one attached hydrogen (secondary N) is 2. The zero-order chi connectivity index (χ0) is 17.4. The molecule has 1 aromatic rings. The highest BCUT2D eigenvalue weighted by Gasteiger charge is 2.35. The molecule has 0 bridgehead atoms. The molecule has 0 aliphatic heterocycles. The SMILES string of the molecule is COC(CN)CC(=O)NCC1(NC(C)c2ccccc2)CCCC1. The molecule has 5 heteroatoms. The summed E-state index contributed by atoms with van der Waals surface area (Å²) in [5.74, 6) is 0.00717. The van der Waals surface area contributed by atoms with Crippen LogP contribution in [0.25, 0.3) is 0 Å². The summed E-state index contributed by atoms with van der Waals surface area (Å²) in [6.45, 7) is 3.20. The van der Waals surface area contributed by atoms with E-state index in [1.165, 1.54) is 18.4 Å². The Morgan fingerprint density at radius 1 is 1.29 bits per heavy atom. The first-order valence-corrected chi connectivity index (χ1v) is 8.91. The number of nitrogens with two attached hydrogens (primary N) is 1. The molecular formula is C19H31N3O2. The highest BCUT2D eigenvalue weighted by Crippen LogP contribution is 2.31. The highest BCUT2D eigenvalue weighted by atomic mass is 16.5. The summed E-state index contributed by atoms with van der Waals surface area (Å²) in [4.78, 5) is 12.2. The van der Waals surface area contributed by atoms with Crippen LogP contribution in [-0.4, -0.2) is 37.7 Å². The number of hydrogen-bond donors (Lipinski definition) is 3. The van der Waals surface area contributed by atoms with Gasteiger partial charge < -0.3 is 21.1 Å². The molecule has 2 rings (SSSR count). The minimum atomic E-state index is -0.208. The molecule has 134 valence electrons. The maximum absolute atomic E-state index is 12.2.